The molecule has 0 unspecified atom stereocenters. The maximum absolute atomic E-state index is 12.3. The summed E-state index contributed by atoms with van der Waals surface area (Å²) in [4.78, 5) is 16.5. The third-order valence-electron chi connectivity index (χ3n) is 3.69. The van der Waals surface area contributed by atoms with Crippen molar-refractivity contribution < 1.29 is 32.2 Å². The van der Waals surface area contributed by atoms with Crippen LogP contribution >= 0.6 is 11.3 Å². The summed E-state index contributed by atoms with van der Waals surface area (Å²) in [6, 6.07) is 10.3. The van der Waals surface area contributed by atoms with Crippen LogP contribution in [-0.4, -0.2) is 24.0 Å². The number of thiazole rings is 1. The molecular weight excluding hydrogens is 411 g/mol. The van der Waals surface area contributed by atoms with Gasteiger partial charge >= 0.3 is 6.36 Å². The summed E-state index contributed by atoms with van der Waals surface area (Å²) >= 11 is 1.20. The van der Waals surface area contributed by atoms with E-state index < -0.39 is 18.0 Å². The van der Waals surface area contributed by atoms with Gasteiger partial charge in [-0.15, -0.1) is 24.5 Å². The number of halogens is 3. The quantitative estimate of drug-likeness (QED) is 0.616. The first-order valence-corrected chi connectivity index (χ1v) is 9.03. The Morgan fingerprint density at radius 1 is 1.10 bits per heavy atom. The van der Waals surface area contributed by atoms with Gasteiger partial charge in [-0.05, 0) is 24.3 Å². The molecule has 11 heteroatoms. The number of rotatable bonds is 5. The molecule has 0 saturated heterocycles. The van der Waals surface area contributed by atoms with E-state index in [9.17, 15) is 18.0 Å². The third kappa shape index (κ3) is 4.69. The Morgan fingerprint density at radius 3 is 2.76 bits per heavy atom. The van der Waals surface area contributed by atoms with Crippen molar-refractivity contribution in [1.82, 2.24) is 4.98 Å². The van der Waals surface area contributed by atoms with Gasteiger partial charge in [-0.3, -0.25) is 4.79 Å². The van der Waals surface area contributed by atoms with Crippen LogP contribution in [0.4, 0.5) is 29.7 Å². The van der Waals surface area contributed by atoms with Crippen molar-refractivity contribution in [3.05, 3.63) is 53.5 Å². The van der Waals surface area contributed by atoms with Crippen molar-refractivity contribution in [3.63, 3.8) is 0 Å². The Morgan fingerprint density at radius 2 is 1.93 bits per heavy atom. The number of carbonyl (C=O) groups excluding carboxylic acids is 1. The molecule has 2 N–H and O–H groups in total. The topological polar surface area (TPSA) is 81.7 Å². The number of nitrogens with zero attached hydrogens (tertiary/aromatic N) is 1. The van der Waals surface area contributed by atoms with Crippen LogP contribution in [0.3, 0.4) is 0 Å². The van der Waals surface area contributed by atoms with Gasteiger partial charge < -0.3 is 24.8 Å². The van der Waals surface area contributed by atoms with E-state index in [-0.39, 0.29) is 18.2 Å². The van der Waals surface area contributed by atoms with Crippen molar-refractivity contribution in [2.75, 3.05) is 17.4 Å². The van der Waals surface area contributed by atoms with E-state index in [0.717, 1.165) is 12.1 Å². The van der Waals surface area contributed by atoms with Crippen molar-refractivity contribution in [1.29, 1.82) is 0 Å². The predicted octanol–water partition coefficient (Wildman–Crippen LogP) is 4.77. The van der Waals surface area contributed by atoms with Crippen LogP contribution in [0.25, 0.3) is 0 Å². The highest BCUT2D eigenvalue weighted by Gasteiger charge is 2.31. The van der Waals surface area contributed by atoms with E-state index in [1.807, 2.05) is 0 Å². The molecular formula is C18H12F3N3O4S. The minimum atomic E-state index is -4.81. The number of amides is 1. The van der Waals surface area contributed by atoms with Gasteiger partial charge in [-0.25, -0.2) is 4.98 Å². The number of alkyl halides is 3. The Hall–Kier alpha value is -3.47. The van der Waals surface area contributed by atoms with Crippen LogP contribution in [0.2, 0.25) is 0 Å². The van der Waals surface area contributed by atoms with Crippen molar-refractivity contribution in [3.8, 4) is 17.2 Å². The SMILES string of the molecule is O=C(Nc1cccc(OC(F)(F)F)c1)c1csc(Nc2ccc3c(c2)OCO3)n1. The average Bonchev–Trinajstić information content (AvgIpc) is 3.29. The Balaban J connectivity index is 1.41. The maximum Gasteiger partial charge on any atom is 0.573 e. The molecule has 0 radical (unpaired) electrons. The molecule has 0 saturated carbocycles. The van der Waals surface area contributed by atoms with E-state index in [1.165, 1.54) is 28.8 Å². The molecule has 2 aromatic carbocycles. The van der Waals surface area contributed by atoms with Crippen LogP contribution in [0.1, 0.15) is 10.5 Å². The molecule has 0 aliphatic carbocycles. The fourth-order valence-corrected chi connectivity index (χ4v) is 3.21. The third-order valence-corrected chi connectivity index (χ3v) is 4.44. The lowest BCUT2D eigenvalue weighted by Gasteiger charge is -2.10. The first-order valence-electron chi connectivity index (χ1n) is 8.15. The number of anilines is 3. The molecule has 1 aliphatic rings. The number of fused-ring (bicyclic) bond motifs is 1. The van der Waals surface area contributed by atoms with Gasteiger partial charge in [0, 0.05) is 28.9 Å². The summed E-state index contributed by atoms with van der Waals surface area (Å²) in [5.74, 6) is 0.250. The van der Waals surface area contributed by atoms with Gasteiger partial charge in [0.2, 0.25) is 6.79 Å². The van der Waals surface area contributed by atoms with Crippen molar-refractivity contribution in [2.45, 2.75) is 6.36 Å². The van der Waals surface area contributed by atoms with Gasteiger partial charge in [0.25, 0.3) is 5.91 Å². The van der Waals surface area contributed by atoms with Crippen LogP contribution < -0.4 is 24.8 Å². The molecule has 1 amide bonds. The summed E-state index contributed by atoms with van der Waals surface area (Å²) in [6.07, 6.45) is -4.81. The summed E-state index contributed by atoms with van der Waals surface area (Å²) in [6.45, 7) is 0.162. The number of nitrogens with one attached hydrogen (secondary N) is 2. The highest BCUT2D eigenvalue weighted by Crippen LogP contribution is 2.35. The highest BCUT2D eigenvalue weighted by molar-refractivity contribution is 7.14. The summed E-state index contributed by atoms with van der Waals surface area (Å²) in [5.41, 5.74) is 0.961. The maximum atomic E-state index is 12.3. The molecule has 0 spiro atoms. The molecule has 4 rings (SSSR count). The smallest absolute Gasteiger partial charge is 0.454 e. The second kappa shape index (κ2) is 7.51. The molecule has 2 heterocycles. The molecule has 29 heavy (non-hydrogen) atoms. The van der Waals surface area contributed by atoms with Gasteiger partial charge in [0.05, 0.1) is 0 Å². The lowest BCUT2D eigenvalue weighted by atomic mass is 10.3. The number of hydrogen-bond acceptors (Lipinski definition) is 7. The average molecular weight is 423 g/mol. The van der Waals surface area contributed by atoms with Crippen molar-refractivity contribution in [2.24, 2.45) is 0 Å². The second-order valence-corrected chi connectivity index (χ2v) is 6.62. The fourth-order valence-electron chi connectivity index (χ4n) is 2.50. The van der Waals surface area contributed by atoms with Crippen molar-refractivity contribution >= 4 is 33.8 Å². The van der Waals surface area contributed by atoms with Gasteiger partial charge in [-0.1, -0.05) is 6.07 Å². The molecule has 0 fully saturated rings. The highest BCUT2D eigenvalue weighted by atomic mass is 32.1. The first-order chi connectivity index (χ1) is 13.9. The minimum Gasteiger partial charge on any atom is -0.454 e. The second-order valence-electron chi connectivity index (χ2n) is 5.76. The standard InChI is InChI=1S/C18H12F3N3O4S/c19-18(20,21)28-12-3-1-2-10(6-12)22-16(25)13-8-29-17(24-13)23-11-4-5-14-15(7-11)27-9-26-14/h1-8H,9H2,(H,22,25)(H,23,24). The predicted molar refractivity (Wildman–Crippen MR) is 99.0 cm³/mol. The van der Waals surface area contributed by atoms with E-state index in [1.54, 1.807) is 18.2 Å². The van der Waals surface area contributed by atoms with E-state index in [4.69, 9.17) is 9.47 Å². The van der Waals surface area contributed by atoms with Crippen LogP contribution in [0, 0.1) is 0 Å². The van der Waals surface area contributed by atoms with E-state index >= 15 is 0 Å². The number of aromatic nitrogens is 1. The summed E-state index contributed by atoms with van der Waals surface area (Å²) in [5, 5.41) is 7.53. The number of carbonyl (C=O) groups is 1. The summed E-state index contributed by atoms with van der Waals surface area (Å²) in [7, 11) is 0. The van der Waals surface area contributed by atoms with E-state index in [0.29, 0.717) is 22.3 Å². The molecule has 150 valence electrons. The molecule has 3 aromatic rings. The zero-order valence-electron chi connectivity index (χ0n) is 14.4. The minimum absolute atomic E-state index is 0.111. The normalized spacial score (nSPS) is 12.5. The number of ether oxygens (including phenoxy) is 3. The van der Waals surface area contributed by atoms with Gasteiger partial charge in [0.15, 0.2) is 16.6 Å². The Bertz CT molecular complexity index is 1050. The number of hydrogen-bond donors (Lipinski definition) is 2. The molecule has 0 bridgehead atoms. The molecule has 1 aliphatic heterocycles. The molecule has 0 atom stereocenters. The lowest BCUT2D eigenvalue weighted by molar-refractivity contribution is -0.274. The van der Waals surface area contributed by atoms with Gasteiger partial charge in [0.1, 0.15) is 11.4 Å². The largest absolute Gasteiger partial charge is 0.573 e. The van der Waals surface area contributed by atoms with Crippen LogP contribution in [0.5, 0.6) is 17.2 Å². The first kappa shape index (κ1) is 18.9. The Kier molecular flexibility index (Phi) is 4.89. The monoisotopic (exact) mass is 423 g/mol. The number of benzene rings is 2. The van der Waals surface area contributed by atoms with Crippen LogP contribution in [-0.2, 0) is 0 Å². The molecule has 7 nitrogen and oxygen atoms in total. The lowest BCUT2D eigenvalue weighted by Crippen LogP contribution is -2.17. The van der Waals surface area contributed by atoms with E-state index in [2.05, 4.69) is 20.4 Å². The molecule has 1 aromatic heterocycles. The van der Waals surface area contributed by atoms with Gasteiger partial charge in [-0.2, -0.15) is 0 Å². The zero-order valence-corrected chi connectivity index (χ0v) is 15.3. The zero-order chi connectivity index (χ0) is 20.4. The van der Waals surface area contributed by atoms with Crippen LogP contribution in [0.15, 0.2) is 47.8 Å². The summed E-state index contributed by atoms with van der Waals surface area (Å²) < 4.78 is 51.3. The Labute approximate surface area is 166 Å². The fraction of sp³-hybridized carbons (Fsp3) is 0.111.